The Labute approximate surface area is 188 Å². The molecule has 3 amide bonds. The fourth-order valence-corrected chi connectivity index (χ4v) is 3.89. The van der Waals surface area contributed by atoms with Crippen molar-refractivity contribution in [2.24, 2.45) is 0 Å². The second kappa shape index (κ2) is 12.8. The molecule has 1 aromatic heterocycles. The monoisotopic (exact) mass is 444 g/mol. The molecule has 7 nitrogen and oxygen atoms in total. The Hall–Kier alpha value is -2.74. The number of hydrogen-bond donors (Lipinski definition) is 3. The average Bonchev–Trinajstić information content (AvgIpc) is 3.03. The summed E-state index contributed by atoms with van der Waals surface area (Å²) in [4.78, 5) is 41.2. The van der Waals surface area contributed by atoms with Crippen molar-refractivity contribution in [1.29, 1.82) is 0 Å². The molecular formula is C23H32N4O3S. The Morgan fingerprint density at radius 3 is 2.29 bits per heavy atom. The molecule has 0 saturated carbocycles. The SMILES string of the molecule is CC(=O)NCCCCCCCCC(=O)Nc1ccccc1C(=O)Nc1nc(C)c(C)s1. The lowest BCUT2D eigenvalue weighted by Crippen LogP contribution is -2.20. The van der Waals surface area contributed by atoms with Gasteiger partial charge in [0.05, 0.1) is 16.9 Å². The third-order valence-electron chi connectivity index (χ3n) is 4.90. The van der Waals surface area contributed by atoms with E-state index in [2.05, 4.69) is 20.9 Å². The molecule has 1 aromatic carbocycles. The number of hydrogen-bond acceptors (Lipinski definition) is 5. The van der Waals surface area contributed by atoms with Crippen LogP contribution in [0.3, 0.4) is 0 Å². The number of benzene rings is 1. The third-order valence-corrected chi connectivity index (χ3v) is 5.89. The van der Waals surface area contributed by atoms with Crippen LogP contribution in [0.2, 0.25) is 0 Å². The van der Waals surface area contributed by atoms with Crippen molar-refractivity contribution in [2.45, 2.75) is 65.7 Å². The van der Waals surface area contributed by atoms with Gasteiger partial charge in [0.25, 0.3) is 5.91 Å². The van der Waals surface area contributed by atoms with Crippen LogP contribution in [-0.4, -0.2) is 29.3 Å². The van der Waals surface area contributed by atoms with Crippen molar-refractivity contribution < 1.29 is 14.4 Å². The molecule has 0 bridgehead atoms. The zero-order valence-corrected chi connectivity index (χ0v) is 19.4. The summed E-state index contributed by atoms with van der Waals surface area (Å²) in [5.74, 6) is -0.366. The number of nitrogens with zero attached hydrogens (tertiary/aromatic N) is 1. The van der Waals surface area contributed by atoms with Crippen LogP contribution in [0.25, 0.3) is 0 Å². The number of rotatable bonds is 12. The second-order valence-corrected chi connectivity index (χ2v) is 8.77. The molecule has 168 valence electrons. The molecule has 2 aromatic rings. The Morgan fingerprint density at radius 2 is 1.61 bits per heavy atom. The lowest BCUT2D eigenvalue weighted by Gasteiger charge is -2.10. The normalized spacial score (nSPS) is 10.5. The van der Waals surface area contributed by atoms with Crippen LogP contribution in [0.1, 0.15) is 72.8 Å². The minimum atomic E-state index is -0.288. The highest BCUT2D eigenvalue weighted by Gasteiger charge is 2.15. The first-order chi connectivity index (χ1) is 14.9. The Bertz CT molecular complexity index is 875. The third kappa shape index (κ3) is 8.88. The summed E-state index contributed by atoms with van der Waals surface area (Å²) in [6.45, 7) is 6.12. The topological polar surface area (TPSA) is 100 Å². The Balaban J connectivity index is 1.73. The lowest BCUT2D eigenvalue weighted by atomic mass is 10.1. The van der Waals surface area contributed by atoms with E-state index in [1.165, 1.54) is 18.3 Å². The van der Waals surface area contributed by atoms with E-state index in [0.29, 0.717) is 22.8 Å². The van der Waals surface area contributed by atoms with E-state index in [1.54, 1.807) is 24.3 Å². The molecule has 0 spiro atoms. The van der Waals surface area contributed by atoms with Gasteiger partial charge >= 0.3 is 0 Å². The van der Waals surface area contributed by atoms with Crippen molar-refractivity contribution in [3.63, 3.8) is 0 Å². The molecular weight excluding hydrogens is 412 g/mol. The standard InChI is InChI=1S/C23H32N4O3S/c1-16-17(2)31-23(25-16)27-22(30)19-12-9-10-13-20(19)26-21(29)14-8-6-4-5-7-11-15-24-18(3)28/h9-10,12-13H,4-8,11,14-15H2,1-3H3,(H,24,28)(H,26,29)(H,25,27,30). The summed E-state index contributed by atoms with van der Waals surface area (Å²) in [5, 5.41) is 9.03. The van der Waals surface area contributed by atoms with Gasteiger partial charge in [0.2, 0.25) is 11.8 Å². The quantitative estimate of drug-likeness (QED) is 0.409. The summed E-state index contributed by atoms with van der Waals surface area (Å²) in [6.07, 6.45) is 6.44. The van der Waals surface area contributed by atoms with Gasteiger partial charge in [0, 0.05) is 24.8 Å². The molecule has 0 radical (unpaired) electrons. The van der Waals surface area contributed by atoms with E-state index in [9.17, 15) is 14.4 Å². The summed E-state index contributed by atoms with van der Waals surface area (Å²) in [6, 6.07) is 7.00. The number of para-hydroxylation sites is 1. The van der Waals surface area contributed by atoms with E-state index < -0.39 is 0 Å². The first-order valence-corrected chi connectivity index (χ1v) is 11.6. The molecule has 31 heavy (non-hydrogen) atoms. The summed E-state index contributed by atoms with van der Waals surface area (Å²) in [7, 11) is 0. The highest BCUT2D eigenvalue weighted by molar-refractivity contribution is 7.15. The Kier molecular flexibility index (Phi) is 10.2. The number of aryl methyl sites for hydroxylation is 2. The summed E-state index contributed by atoms with van der Waals surface area (Å²) >= 11 is 1.43. The first-order valence-electron chi connectivity index (χ1n) is 10.8. The summed E-state index contributed by atoms with van der Waals surface area (Å²) in [5.41, 5.74) is 1.82. The molecule has 0 atom stereocenters. The number of anilines is 2. The first kappa shape index (κ1) is 24.5. The van der Waals surface area contributed by atoms with Crippen molar-refractivity contribution >= 4 is 39.9 Å². The van der Waals surface area contributed by atoms with Gasteiger partial charge in [0.1, 0.15) is 0 Å². The highest BCUT2D eigenvalue weighted by atomic mass is 32.1. The van der Waals surface area contributed by atoms with E-state index in [1.807, 2.05) is 13.8 Å². The van der Waals surface area contributed by atoms with Crippen molar-refractivity contribution in [3.05, 3.63) is 40.4 Å². The number of thiazole rings is 1. The Morgan fingerprint density at radius 1 is 0.935 bits per heavy atom. The van der Waals surface area contributed by atoms with Crippen LogP contribution >= 0.6 is 11.3 Å². The van der Waals surface area contributed by atoms with E-state index >= 15 is 0 Å². The zero-order valence-electron chi connectivity index (χ0n) is 18.5. The fourth-order valence-electron chi connectivity index (χ4n) is 3.08. The molecule has 3 N–H and O–H groups in total. The molecule has 0 aliphatic heterocycles. The van der Waals surface area contributed by atoms with Gasteiger partial charge in [-0.2, -0.15) is 0 Å². The smallest absolute Gasteiger partial charge is 0.259 e. The van der Waals surface area contributed by atoms with Crippen LogP contribution in [0.15, 0.2) is 24.3 Å². The number of carbonyl (C=O) groups excluding carboxylic acids is 3. The predicted octanol–water partition coefficient (Wildman–Crippen LogP) is 4.82. The average molecular weight is 445 g/mol. The number of nitrogens with one attached hydrogen (secondary N) is 3. The van der Waals surface area contributed by atoms with Crippen LogP contribution in [0.5, 0.6) is 0 Å². The second-order valence-electron chi connectivity index (χ2n) is 7.56. The van der Waals surface area contributed by atoms with Gasteiger partial charge in [-0.15, -0.1) is 11.3 Å². The maximum absolute atomic E-state index is 12.7. The van der Waals surface area contributed by atoms with Crippen molar-refractivity contribution in [1.82, 2.24) is 10.3 Å². The van der Waals surface area contributed by atoms with E-state index in [-0.39, 0.29) is 17.7 Å². The molecule has 1 heterocycles. The van der Waals surface area contributed by atoms with Crippen LogP contribution in [0, 0.1) is 13.8 Å². The van der Waals surface area contributed by atoms with Gasteiger partial charge in [-0.25, -0.2) is 4.98 Å². The van der Waals surface area contributed by atoms with Crippen LogP contribution < -0.4 is 16.0 Å². The van der Waals surface area contributed by atoms with Crippen LogP contribution in [0.4, 0.5) is 10.8 Å². The van der Waals surface area contributed by atoms with Gasteiger partial charge < -0.3 is 10.6 Å². The maximum Gasteiger partial charge on any atom is 0.259 e. The molecule has 0 unspecified atom stereocenters. The fraction of sp³-hybridized carbons (Fsp3) is 0.478. The molecule has 8 heteroatoms. The molecule has 0 saturated heterocycles. The predicted molar refractivity (Wildman–Crippen MR) is 126 cm³/mol. The van der Waals surface area contributed by atoms with Crippen molar-refractivity contribution in [2.75, 3.05) is 17.2 Å². The van der Waals surface area contributed by atoms with Gasteiger partial charge in [-0.1, -0.05) is 37.8 Å². The highest BCUT2D eigenvalue weighted by Crippen LogP contribution is 2.23. The molecule has 0 fully saturated rings. The maximum atomic E-state index is 12.7. The minimum Gasteiger partial charge on any atom is -0.356 e. The van der Waals surface area contributed by atoms with Gasteiger partial charge in [-0.3, -0.25) is 19.7 Å². The zero-order chi connectivity index (χ0) is 22.6. The molecule has 0 aliphatic carbocycles. The van der Waals surface area contributed by atoms with E-state index in [4.69, 9.17) is 0 Å². The minimum absolute atomic E-state index is 0.0125. The van der Waals surface area contributed by atoms with Gasteiger partial charge in [-0.05, 0) is 38.8 Å². The molecule has 2 rings (SSSR count). The largest absolute Gasteiger partial charge is 0.356 e. The number of carbonyl (C=O) groups is 3. The lowest BCUT2D eigenvalue weighted by molar-refractivity contribution is -0.119. The van der Waals surface area contributed by atoms with E-state index in [0.717, 1.165) is 55.6 Å². The number of unbranched alkanes of at least 4 members (excludes halogenated alkanes) is 5. The van der Waals surface area contributed by atoms with Crippen LogP contribution in [-0.2, 0) is 9.59 Å². The molecule has 0 aliphatic rings. The summed E-state index contributed by atoms with van der Waals surface area (Å²) < 4.78 is 0. The van der Waals surface area contributed by atoms with Crippen molar-refractivity contribution in [3.8, 4) is 0 Å². The van der Waals surface area contributed by atoms with Gasteiger partial charge in [0.15, 0.2) is 5.13 Å². The number of aromatic nitrogens is 1. The number of amides is 3.